The van der Waals surface area contributed by atoms with Crippen molar-refractivity contribution in [3.05, 3.63) is 33.9 Å². The zero-order chi connectivity index (χ0) is 16.2. The molecule has 0 amide bonds. The number of hydrogen-bond donors (Lipinski definition) is 2. The molecule has 8 nitrogen and oxygen atoms in total. The Morgan fingerprint density at radius 2 is 2.30 bits per heavy atom. The molecule has 23 heavy (non-hydrogen) atoms. The van der Waals surface area contributed by atoms with Crippen molar-refractivity contribution in [2.24, 2.45) is 0 Å². The van der Waals surface area contributed by atoms with Crippen LogP contribution in [0.3, 0.4) is 0 Å². The quantitative estimate of drug-likeness (QED) is 0.857. The predicted octanol–water partition coefficient (Wildman–Crippen LogP) is 1.12. The van der Waals surface area contributed by atoms with Crippen LogP contribution < -0.4 is 10.6 Å². The molecule has 1 saturated heterocycles. The number of aromatic amines is 2. The monoisotopic (exact) mass is 318 g/mol. The predicted molar refractivity (Wildman–Crippen MR) is 85.5 cm³/mol. The standard InChI is InChI=1S/C15H22N6O2/c1-3-23-9-12-16-10(2)7-13(17-12)21-6-4-5-11(8-21)14-18-15(22)20-19-14/h7,11H,3-6,8-9H2,1-2H3,(H2,18,19,20,22). The van der Waals surface area contributed by atoms with Gasteiger partial charge in [0.1, 0.15) is 18.2 Å². The molecular formula is C15H22N6O2. The minimum absolute atomic E-state index is 0.202. The van der Waals surface area contributed by atoms with E-state index < -0.39 is 0 Å². The molecule has 2 aromatic rings. The van der Waals surface area contributed by atoms with Gasteiger partial charge in [0.25, 0.3) is 0 Å². The van der Waals surface area contributed by atoms with Crippen LogP contribution in [0.4, 0.5) is 5.82 Å². The lowest BCUT2D eigenvalue weighted by molar-refractivity contribution is 0.128. The van der Waals surface area contributed by atoms with Crippen LogP contribution in [0.15, 0.2) is 10.9 Å². The molecule has 3 heterocycles. The van der Waals surface area contributed by atoms with Gasteiger partial charge < -0.3 is 9.64 Å². The number of aromatic nitrogens is 5. The molecule has 0 saturated carbocycles. The van der Waals surface area contributed by atoms with E-state index in [0.717, 1.165) is 43.3 Å². The molecule has 0 aliphatic carbocycles. The second kappa shape index (κ2) is 6.91. The van der Waals surface area contributed by atoms with E-state index in [9.17, 15) is 4.79 Å². The van der Waals surface area contributed by atoms with Gasteiger partial charge >= 0.3 is 5.69 Å². The summed E-state index contributed by atoms with van der Waals surface area (Å²) in [7, 11) is 0. The summed E-state index contributed by atoms with van der Waals surface area (Å²) in [5, 5.41) is 6.51. The summed E-state index contributed by atoms with van der Waals surface area (Å²) in [5.74, 6) is 2.54. The van der Waals surface area contributed by atoms with Gasteiger partial charge in [0.15, 0.2) is 5.82 Å². The van der Waals surface area contributed by atoms with Crippen LogP contribution in [-0.4, -0.2) is 44.8 Å². The highest BCUT2D eigenvalue weighted by atomic mass is 16.5. The number of nitrogens with one attached hydrogen (secondary N) is 2. The SMILES string of the molecule is CCOCc1nc(C)cc(N2CCCC(c3n[nH]c(=O)[nH]3)C2)n1. The maximum Gasteiger partial charge on any atom is 0.340 e. The molecule has 1 fully saturated rings. The van der Waals surface area contributed by atoms with Crippen LogP contribution in [0.5, 0.6) is 0 Å². The number of H-pyrrole nitrogens is 2. The zero-order valence-electron chi connectivity index (χ0n) is 13.5. The van der Waals surface area contributed by atoms with Gasteiger partial charge in [0.05, 0.1) is 0 Å². The largest absolute Gasteiger partial charge is 0.374 e. The summed E-state index contributed by atoms with van der Waals surface area (Å²) in [4.78, 5) is 25.3. The highest BCUT2D eigenvalue weighted by Gasteiger charge is 2.25. The molecule has 124 valence electrons. The normalized spacial score (nSPS) is 18.3. The van der Waals surface area contributed by atoms with Gasteiger partial charge in [-0.15, -0.1) is 0 Å². The first-order valence-electron chi connectivity index (χ1n) is 7.97. The Kier molecular flexibility index (Phi) is 4.71. The highest BCUT2D eigenvalue weighted by Crippen LogP contribution is 2.27. The van der Waals surface area contributed by atoms with E-state index in [1.165, 1.54) is 0 Å². The van der Waals surface area contributed by atoms with Crippen LogP contribution in [-0.2, 0) is 11.3 Å². The van der Waals surface area contributed by atoms with Gasteiger partial charge in [-0.05, 0) is 26.7 Å². The maximum atomic E-state index is 11.3. The summed E-state index contributed by atoms with van der Waals surface area (Å²) in [6.45, 7) is 6.71. The van der Waals surface area contributed by atoms with E-state index in [0.29, 0.717) is 19.0 Å². The number of nitrogens with zero attached hydrogens (tertiary/aromatic N) is 4. The molecular weight excluding hydrogens is 296 g/mol. The summed E-state index contributed by atoms with van der Waals surface area (Å²) >= 11 is 0. The van der Waals surface area contributed by atoms with Crippen LogP contribution in [0, 0.1) is 6.92 Å². The summed E-state index contributed by atoms with van der Waals surface area (Å²) < 4.78 is 5.41. The summed E-state index contributed by atoms with van der Waals surface area (Å²) in [6.07, 6.45) is 2.04. The van der Waals surface area contributed by atoms with E-state index >= 15 is 0 Å². The average Bonchev–Trinajstić information content (AvgIpc) is 2.99. The number of ether oxygens (including phenoxy) is 1. The third-order valence-electron chi connectivity index (χ3n) is 3.97. The van der Waals surface area contributed by atoms with Gasteiger partial charge in [-0.3, -0.25) is 4.98 Å². The van der Waals surface area contributed by atoms with Crippen LogP contribution in [0.25, 0.3) is 0 Å². The lowest BCUT2D eigenvalue weighted by Gasteiger charge is -2.32. The van der Waals surface area contributed by atoms with Crippen LogP contribution in [0.1, 0.15) is 43.0 Å². The fraction of sp³-hybridized carbons (Fsp3) is 0.600. The van der Waals surface area contributed by atoms with Crippen molar-refractivity contribution >= 4 is 5.82 Å². The van der Waals surface area contributed by atoms with Gasteiger partial charge in [-0.1, -0.05) is 0 Å². The molecule has 1 aliphatic heterocycles. The van der Waals surface area contributed by atoms with E-state index in [1.54, 1.807) is 0 Å². The minimum atomic E-state index is -0.256. The molecule has 8 heteroatoms. The van der Waals surface area contributed by atoms with Gasteiger partial charge in [-0.25, -0.2) is 19.9 Å². The fourth-order valence-corrected chi connectivity index (χ4v) is 2.92. The molecule has 0 spiro atoms. The Morgan fingerprint density at radius 1 is 1.43 bits per heavy atom. The Hall–Kier alpha value is -2.22. The van der Waals surface area contributed by atoms with E-state index in [1.807, 2.05) is 19.9 Å². The molecule has 1 unspecified atom stereocenters. The molecule has 0 radical (unpaired) electrons. The lowest BCUT2D eigenvalue weighted by atomic mass is 9.97. The zero-order valence-corrected chi connectivity index (χ0v) is 13.5. The molecule has 2 N–H and O–H groups in total. The smallest absolute Gasteiger partial charge is 0.340 e. The van der Waals surface area contributed by atoms with Crippen molar-refractivity contribution in [2.45, 2.75) is 39.2 Å². The molecule has 1 aliphatic rings. The van der Waals surface area contributed by atoms with Crippen LogP contribution >= 0.6 is 0 Å². The highest BCUT2D eigenvalue weighted by molar-refractivity contribution is 5.41. The third kappa shape index (κ3) is 3.76. The van der Waals surface area contributed by atoms with Crippen LogP contribution in [0.2, 0.25) is 0 Å². The molecule has 1 atom stereocenters. The Bertz CT molecular complexity index is 710. The molecule has 0 aromatic carbocycles. The maximum absolute atomic E-state index is 11.3. The van der Waals surface area contributed by atoms with Crippen molar-refractivity contribution in [1.29, 1.82) is 0 Å². The third-order valence-corrected chi connectivity index (χ3v) is 3.97. The van der Waals surface area contributed by atoms with Crippen molar-refractivity contribution < 1.29 is 4.74 Å². The summed E-state index contributed by atoms with van der Waals surface area (Å²) in [6, 6.07) is 1.99. The van der Waals surface area contributed by atoms with E-state index in [-0.39, 0.29) is 11.6 Å². The Labute approximate surface area is 134 Å². The number of hydrogen-bond acceptors (Lipinski definition) is 6. The number of piperidine rings is 1. The molecule has 2 aromatic heterocycles. The number of anilines is 1. The molecule has 3 rings (SSSR count). The topological polar surface area (TPSA) is 99.8 Å². The van der Waals surface area contributed by atoms with Crippen molar-refractivity contribution in [3.63, 3.8) is 0 Å². The average molecular weight is 318 g/mol. The Morgan fingerprint density at radius 3 is 3.04 bits per heavy atom. The first kappa shape index (κ1) is 15.7. The lowest BCUT2D eigenvalue weighted by Crippen LogP contribution is -2.35. The fourth-order valence-electron chi connectivity index (χ4n) is 2.92. The molecule has 0 bridgehead atoms. The van der Waals surface area contributed by atoms with E-state index in [2.05, 4.69) is 30.0 Å². The minimum Gasteiger partial charge on any atom is -0.374 e. The van der Waals surface area contributed by atoms with Gasteiger partial charge in [0, 0.05) is 37.4 Å². The summed E-state index contributed by atoms with van der Waals surface area (Å²) in [5.41, 5.74) is 0.675. The number of aryl methyl sites for hydroxylation is 1. The van der Waals surface area contributed by atoms with Gasteiger partial charge in [-0.2, -0.15) is 5.10 Å². The second-order valence-corrected chi connectivity index (χ2v) is 5.77. The van der Waals surface area contributed by atoms with Crippen molar-refractivity contribution in [1.82, 2.24) is 25.1 Å². The number of rotatable bonds is 5. The second-order valence-electron chi connectivity index (χ2n) is 5.77. The first-order valence-corrected chi connectivity index (χ1v) is 7.97. The van der Waals surface area contributed by atoms with Crippen molar-refractivity contribution in [3.8, 4) is 0 Å². The van der Waals surface area contributed by atoms with Crippen molar-refractivity contribution in [2.75, 3.05) is 24.6 Å². The van der Waals surface area contributed by atoms with E-state index in [4.69, 9.17) is 4.74 Å². The first-order chi connectivity index (χ1) is 11.2. The van der Waals surface area contributed by atoms with Gasteiger partial charge in [0.2, 0.25) is 0 Å². The Balaban J connectivity index is 1.77.